The lowest BCUT2D eigenvalue weighted by Crippen LogP contribution is -2.52. The highest BCUT2D eigenvalue weighted by Crippen LogP contribution is 2.16. The lowest BCUT2D eigenvalue weighted by molar-refractivity contribution is -0.140. The quantitative estimate of drug-likeness (QED) is 0.764. The second kappa shape index (κ2) is 9.22. The van der Waals surface area contributed by atoms with E-state index in [2.05, 4.69) is 11.8 Å². The third-order valence-corrected chi connectivity index (χ3v) is 5.67. The minimum atomic E-state index is -0.0163. The van der Waals surface area contributed by atoms with Crippen LogP contribution in [0, 0.1) is 13.8 Å². The fraction of sp³-hybridized carbons (Fsp3) is 0.619. The van der Waals surface area contributed by atoms with E-state index in [-0.39, 0.29) is 18.4 Å². The summed E-state index contributed by atoms with van der Waals surface area (Å²) in [5.74, 6) is 0.917. The average molecular weight is 373 g/mol. The van der Waals surface area contributed by atoms with Crippen molar-refractivity contribution in [3.8, 4) is 5.75 Å². The molecule has 1 aromatic carbocycles. The van der Waals surface area contributed by atoms with Gasteiger partial charge in [-0.05, 0) is 63.0 Å². The van der Waals surface area contributed by atoms with Gasteiger partial charge >= 0.3 is 0 Å². The first-order valence-electron chi connectivity index (χ1n) is 10.0. The third-order valence-electron chi connectivity index (χ3n) is 5.67. The first-order chi connectivity index (χ1) is 13.0. The van der Waals surface area contributed by atoms with E-state index in [0.717, 1.165) is 30.9 Å². The molecule has 0 atom stereocenters. The van der Waals surface area contributed by atoms with Crippen LogP contribution in [0.1, 0.15) is 30.4 Å². The highest BCUT2D eigenvalue weighted by molar-refractivity contribution is 5.79. The monoisotopic (exact) mass is 373 g/mol. The molecule has 0 saturated carbocycles. The largest absolute Gasteiger partial charge is 0.484 e. The highest BCUT2D eigenvalue weighted by Gasteiger charge is 2.24. The normalized spacial score (nSPS) is 18.0. The summed E-state index contributed by atoms with van der Waals surface area (Å²) in [4.78, 5) is 30.8. The summed E-state index contributed by atoms with van der Waals surface area (Å²) in [7, 11) is 0. The maximum atomic E-state index is 12.4. The Bertz CT molecular complexity index is 663. The lowest BCUT2D eigenvalue weighted by atomic mass is 10.1. The van der Waals surface area contributed by atoms with Crippen molar-refractivity contribution in [2.75, 3.05) is 52.4 Å². The molecule has 6 heteroatoms. The van der Waals surface area contributed by atoms with E-state index < -0.39 is 0 Å². The van der Waals surface area contributed by atoms with Crippen LogP contribution in [0.15, 0.2) is 18.2 Å². The van der Waals surface area contributed by atoms with Crippen LogP contribution in [0.3, 0.4) is 0 Å². The van der Waals surface area contributed by atoms with Crippen molar-refractivity contribution in [1.29, 1.82) is 0 Å². The van der Waals surface area contributed by atoms with Crippen LogP contribution >= 0.6 is 0 Å². The summed E-state index contributed by atoms with van der Waals surface area (Å²) in [6.07, 6.45) is 3.09. The van der Waals surface area contributed by atoms with Gasteiger partial charge in [0.25, 0.3) is 5.91 Å². The molecule has 0 spiro atoms. The number of piperazine rings is 1. The van der Waals surface area contributed by atoms with Crippen LogP contribution in [0.5, 0.6) is 5.75 Å². The van der Waals surface area contributed by atoms with Crippen LogP contribution in [-0.4, -0.2) is 78.9 Å². The van der Waals surface area contributed by atoms with E-state index in [0.29, 0.717) is 32.6 Å². The predicted octanol–water partition coefficient (Wildman–Crippen LogP) is 1.84. The van der Waals surface area contributed by atoms with Gasteiger partial charge in [0.2, 0.25) is 5.91 Å². The molecule has 2 heterocycles. The Labute approximate surface area is 162 Å². The van der Waals surface area contributed by atoms with E-state index in [1.807, 2.05) is 30.0 Å². The SMILES string of the molecule is Cc1ccc(OCC(=O)N2CCN(C(=O)CCN3CCCC3)CC2)cc1C. The van der Waals surface area contributed by atoms with Crippen molar-refractivity contribution in [3.63, 3.8) is 0 Å². The number of nitrogens with zero attached hydrogens (tertiary/aromatic N) is 3. The second-order valence-electron chi connectivity index (χ2n) is 7.60. The molecule has 1 aromatic rings. The van der Waals surface area contributed by atoms with Crippen LogP contribution in [-0.2, 0) is 9.59 Å². The Morgan fingerprint density at radius 3 is 2.15 bits per heavy atom. The van der Waals surface area contributed by atoms with Crippen LogP contribution in [0.2, 0.25) is 0 Å². The molecule has 148 valence electrons. The summed E-state index contributed by atoms with van der Waals surface area (Å²) in [5.41, 5.74) is 2.36. The standard InChI is InChI=1S/C21H31N3O3/c1-17-5-6-19(15-18(17)2)27-16-21(26)24-13-11-23(12-14-24)20(25)7-10-22-8-3-4-9-22/h5-6,15H,3-4,7-14,16H2,1-2H3. The molecular weight excluding hydrogens is 342 g/mol. The molecule has 0 aromatic heterocycles. The number of aryl methyl sites for hydroxylation is 2. The van der Waals surface area contributed by atoms with E-state index in [9.17, 15) is 9.59 Å². The smallest absolute Gasteiger partial charge is 0.260 e. The molecule has 0 unspecified atom stereocenters. The number of carbonyl (C=O) groups excluding carboxylic acids is 2. The molecule has 0 radical (unpaired) electrons. The maximum absolute atomic E-state index is 12.4. The molecule has 0 N–H and O–H groups in total. The van der Waals surface area contributed by atoms with Crippen molar-refractivity contribution in [2.45, 2.75) is 33.1 Å². The van der Waals surface area contributed by atoms with Crippen LogP contribution < -0.4 is 4.74 Å². The highest BCUT2D eigenvalue weighted by atomic mass is 16.5. The van der Waals surface area contributed by atoms with Gasteiger partial charge in [-0.3, -0.25) is 9.59 Å². The number of hydrogen-bond acceptors (Lipinski definition) is 4. The summed E-state index contributed by atoms with van der Waals surface area (Å²) in [6, 6.07) is 5.86. The minimum absolute atomic E-state index is 0.0163. The number of carbonyl (C=O) groups is 2. The van der Waals surface area contributed by atoms with Gasteiger partial charge in [-0.1, -0.05) is 6.07 Å². The van der Waals surface area contributed by atoms with Gasteiger partial charge < -0.3 is 19.4 Å². The number of hydrogen-bond donors (Lipinski definition) is 0. The molecule has 27 heavy (non-hydrogen) atoms. The average Bonchev–Trinajstić information content (AvgIpc) is 3.20. The van der Waals surface area contributed by atoms with Crippen molar-refractivity contribution >= 4 is 11.8 Å². The Hall–Kier alpha value is -2.08. The molecular formula is C21H31N3O3. The second-order valence-corrected chi connectivity index (χ2v) is 7.60. The van der Waals surface area contributed by atoms with Gasteiger partial charge in [-0.15, -0.1) is 0 Å². The summed E-state index contributed by atoms with van der Waals surface area (Å²) in [6.45, 7) is 9.65. The van der Waals surface area contributed by atoms with Gasteiger partial charge in [-0.2, -0.15) is 0 Å². The molecule has 3 rings (SSSR count). The molecule has 0 bridgehead atoms. The fourth-order valence-electron chi connectivity index (χ4n) is 3.66. The molecule has 2 aliphatic heterocycles. The van der Waals surface area contributed by atoms with Gasteiger partial charge in [0.1, 0.15) is 5.75 Å². The van der Waals surface area contributed by atoms with Crippen molar-refractivity contribution in [1.82, 2.24) is 14.7 Å². The molecule has 2 saturated heterocycles. The summed E-state index contributed by atoms with van der Waals surface area (Å²) >= 11 is 0. The maximum Gasteiger partial charge on any atom is 0.260 e. The van der Waals surface area contributed by atoms with Gasteiger partial charge in [0.05, 0.1) is 0 Å². The fourth-order valence-corrected chi connectivity index (χ4v) is 3.66. The first kappa shape index (κ1) is 19.7. The van der Waals surface area contributed by atoms with Crippen molar-refractivity contribution in [2.24, 2.45) is 0 Å². The van der Waals surface area contributed by atoms with Gasteiger partial charge in [0.15, 0.2) is 6.61 Å². The van der Waals surface area contributed by atoms with Gasteiger partial charge in [-0.25, -0.2) is 0 Å². The van der Waals surface area contributed by atoms with E-state index in [1.54, 1.807) is 4.90 Å². The Kier molecular flexibility index (Phi) is 6.72. The molecule has 6 nitrogen and oxygen atoms in total. The number of rotatable bonds is 6. The van der Waals surface area contributed by atoms with Crippen LogP contribution in [0.4, 0.5) is 0 Å². The van der Waals surface area contributed by atoms with E-state index >= 15 is 0 Å². The number of likely N-dealkylation sites (tertiary alicyclic amines) is 1. The number of ether oxygens (including phenoxy) is 1. The Balaban J connectivity index is 1.38. The first-order valence-corrected chi connectivity index (χ1v) is 10.0. The third kappa shape index (κ3) is 5.45. The Morgan fingerprint density at radius 1 is 0.889 bits per heavy atom. The number of amides is 2. The molecule has 2 amide bonds. The minimum Gasteiger partial charge on any atom is -0.484 e. The zero-order valence-electron chi connectivity index (χ0n) is 16.6. The summed E-state index contributed by atoms with van der Waals surface area (Å²) < 4.78 is 5.65. The zero-order valence-corrected chi connectivity index (χ0v) is 16.6. The van der Waals surface area contributed by atoms with E-state index in [1.165, 1.54) is 18.4 Å². The zero-order chi connectivity index (χ0) is 19.2. The van der Waals surface area contributed by atoms with E-state index in [4.69, 9.17) is 4.74 Å². The topological polar surface area (TPSA) is 53.1 Å². The number of benzene rings is 1. The van der Waals surface area contributed by atoms with Gasteiger partial charge in [0, 0.05) is 39.1 Å². The lowest BCUT2D eigenvalue weighted by Gasteiger charge is -2.35. The molecule has 2 fully saturated rings. The predicted molar refractivity (Wildman–Crippen MR) is 105 cm³/mol. The van der Waals surface area contributed by atoms with Crippen molar-refractivity contribution < 1.29 is 14.3 Å². The summed E-state index contributed by atoms with van der Waals surface area (Å²) in [5, 5.41) is 0. The van der Waals surface area contributed by atoms with Crippen LogP contribution in [0.25, 0.3) is 0 Å². The molecule has 0 aliphatic carbocycles. The molecule has 2 aliphatic rings. The Morgan fingerprint density at radius 2 is 1.52 bits per heavy atom. The van der Waals surface area contributed by atoms with Crippen molar-refractivity contribution in [3.05, 3.63) is 29.3 Å².